The third-order valence-electron chi connectivity index (χ3n) is 5.95. The van der Waals surface area contributed by atoms with Gasteiger partial charge in [-0.2, -0.15) is 0 Å². The van der Waals surface area contributed by atoms with E-state index in [2.05, 4.69) is 18.7 Å². The topological polar surface area (TPSA) is 45.5 Å². The molecule has 0 N–H and O–H groups in total. The Morgan fingerprint density at radius 2 is 2.00 bits per heavy atom. The van der Waals surface area contributed by atoms with Gasteiger partial charge < -0.3 is 14.4 Å². The lowest BCUT2D eigenvalue weighted by molar-refractivity contribution is 0.0772. The molecule has 0 spiro atoms. The molecule has 1 aliphatic heterocycles. The van der Waals surface area contributed by atoms with Crippen LogP contribution in [0.5, 0.6) is 0 Å². The van der Waals surface area contributed by atoms with Crippen molar-refractivity contribution in [2.24, 2.45) is 13.0 Å². The largest absolute Gasteiger partial charge is 0.342 e. The zero-order valence-corrected chi connectivity index (χ0v) is 16.5. The van der Waals surface area contributed by atoms with E-state index in [1.54, 1.807) is 13.2 Å². The molecule has 26 heavy (non-hydrogen) atoms. The molecule has 0 aromatic carbocycles. The maximum Gasteiger partial charge on any atom is 0.255 e. The van der Waals surface area contributed by atoms with E-state index in [0.717, 1.165) is 24.1 Å². The number of fused-ring (bicyclic) bond motifs is 1. The number of allylic oxidation sites excluding steroid dienone is 1. The predicted octanol–water partition coefficient (Wildman–Crippen LogP) is 2.54. The average molecular weight is 357 g/mol. The van der Waals surface area contributed by atoms with Gasteiger partial charge in [-0.15, -0.1) is 0 Å². The van der Waals surface area contributed by atoms with Crippen molar-refractivity contribution in [3.8, 4) is 0 Å². The molecule has 0 radical (unpaired) electrons. The fourth-order valence-electron chi connectivity index (χ4n) is 4.11. The van der Waals surface area contributed by atoms with Gasteiger partial charge in [-0.25, -0.2) is 0 Å². The Kier molecular flexibility index (Phi) is 5.66. The fourth-order valence-corrected chi connectivity index (χ4v) is 4.11. The Labute approximate surface area is 156 Å². The van der Waals surface area contributed by atoms with Gasteiger partial charge in [0.05, 0.1) is 5.56 Å². The lowest BCUT2D eigenvalue weighted by atomic mass is 9.92. The minimum atomic E-state index is 0.00103. The minimum Gasteiger partial charge on any atom is -0.342 e. The lowest BCUT2D eigenvalue weighted by Crippen LogP contribution is -2.39. The molecule has 1 aromatic rings. The summed E-state index contributed by atoms with van der Waals surface area (Å²) in [6.45, 7) is 7.62. The summed E-state index contributed by atoms with van der Waals surface area (Å²) in [5.41, 5.74) is 2.21. The predicted molar refractivity (Wildman–Crippen MR) is 105 cm³/mol. The smallest absolute Gasteiger partial charge is 0.255 e. The summed E-state index contributed by atoms with van der Waals surface area (Å²) in [4.78, 5) is 29.5. The van der Waals surface area contributed by atoms with Crippen LogP contribution in [0, 0.1) is 5.92 Å². The van der Waals surface area contributed by atoms with E-state index in [0.29, 0.717) is 23.9 Å². The van der Waals surface area contributed by atoms with E-state index in [4.69, 9.17) is 0 Å². The van der Waals surface area contributed by atoms with Gasteiger partial charge in [0.15, 0.2) is 0 Å². The van der Waals surface area contributed by atoms with Crippen LogP contribution in [-0.2, 0) is 13.5 Å². The Morgan fingerprint density at radius 3 is 2.65 bits per heavy atom. The number of rotatable bonds is 5. The van der Waals surface area contributed by atoms with Crippen LogP contribution in [0.4, 0.5) is 0 Å². The van der Waals surface area contributed by atoms with Gasteiger partial charge in [-0.3, -0.25) is 9.59 Å². The van der Waals surface area contributed by atoms with E-state index in [9.17, 15) is 9.59 Å². The van der Waals surface area contributed by atoms with Gasteiger partial charge in [-0.1, -0.05) is 12.2 Å². The molecule has 0 atom stereocenters. The van der Waals surface area contributed by atoms with Crippen molar-refractivity contribution in [3.05, 3.63) is 39.3 Å². The van der Waals surface area contributed by atoms with Crippen molar-refractivity contribution in [2.75, 3.05) is 26.7 Å². The monoisotopic (exact) mass is 357 g/mol. The lowest BCUT2D eigenvalue weighted by Gasteiger charge is -2.35. The third-order valence-corrected chi connectivity index (χ3v) is 5.95. The number of aromatic nitrogens is 1. The number of pyridine rings is 1. The first-order chi connectivity index (χ1) is 12.4. The molecule has 1 fully saturated rings. The molecule has 1 amide bonds. The van der Waals surface area contributed by atoms with E-state index >= 15 is 0 Å². The summed E-state index contributed by atoms with van der Waals surface area (Å²) >= 11 is 0. The average Bonchev–Trinajstić information content (AvgIpc) is 3.12. The molecule has 1 saturated heterocycles. The maximum atomic E-state index is 13.0. The van der Waals surface area contributed by atoms with E-state index in [1.165, 1.54) is 30.5 Å². The molecule has 1 aromatic heterocycles. The highest BCUT2D eigenvalue weighted by molar-refractivity contribution is 5.98. The Hall–Kier alpha value is -1.88. The maximum absolute atomic E-state index is 13.0. The van der Waals surface area contributed by atoms with Crippen molar-refractivity contribution < 1.29 is 4.79 Å². The van der Waals surface area contributed by atoms with Crippen LogP contribution < -0.4 is 5.56 Å². The number of carbonyl (C=O) groups is 1. The highest BCUT2D eigenvalue weighted by atomic mass is 16.2. The first kappa shape index (κ1) is 18.9. The first-order valence-corrected chi connectivity index (χ1v) is 9.77. The standard InChI is InChI=1S/C21H31N3O2/c1-15(2)24-12-9-16(10-13-24)8-11-22(3)21(26)19-14-23(4)20(25)18-7-5-6-17(18)19/h5-6,14-16H,7-13H2,1-4H3. The highest BCUT2D eigenvalue weighted by Gasteiger charge is 2.24. The van der Waals surface area contributed by atoms with Gasteiger partial charge in [0.25, 0.3) is 11.5 Å². The van der Waals surface area contributed by atoms with Crippen LogP contribution in [0.3, 0.4) is 0 Å². The number of piperidine rings is 1. The van der Waals surface area contributed by atoms with Crippen LogP contribution in [0.15, 0.2) is 17.1 Å². The summed E-state index contributed by atoms with van der Waals surface area (Å²) in [6.07, 6.45) is 9.69. The highest BCUT2D eigenvalue weighted by Crippen LogP contribution is 2.24. The fraction of sp³-hybridized carbons (Fsp3) is 0.619. The second-order valence-electron chi connectivity index (χ2n) is 8.05. The number of hydrogen-bond donors (Lipinski definition) is 0. The molecule has 5 nitrogen and oxygen atoms in total. The van der Waals surface area contributed by atoms with Crippen LogP contribution in [0.1, 0.15) is 54.6 Å². The van der Waals surface area contributed by atoms with Crippen molar-refractivity contribution in [1.29, 1.82) is 0 Å². The van der Waals surface area contributed by atoms with Crippen LogP contribution >= 0.6 is 0 Å². The summed E-state index contributed by atoms with van der Waals surface area (Å²) in [6, 6.07) is 0.625. The molecular weight excluding hydrogens is 326 g/mol. The van der Waals surface area contributed by atoms with Gasteiger partial charge in [-0.05, 0) is 64.1 Å². The quantitative estimate of drug-likeness (QED) is 0.813. The van der Waals surface area contributed by atoms with E-state index < -0.39 is 0 Å². The SMILES string of the molecule is CC(C)N1CCC(CCN(C)C(=O)c2cn(C)c(=O)c3c2C=CC3)CC1. The van der Waals surface area contributed by atoms with E-state index in [1.807, 2.05) is 24.1 Å². The van der Waals surface area contributed by atoms with Gasteiger partial charge >= 0.3 is 0 Å². The summed E-state index contributed by atoms with van der Waals surface area (Å²) < 4.78 is 1.54. The molecule has 1 aliphatic carbocycles. The molecule has 3 rings (SSSR count). The minimum absolute atomic E-state index is 0.00103. The Morgan fingerprint density at radius 1 is 1.31 bits per heavy atom. The zero-order chi connectivity index (χ0) is 18.8. The zero-order valence-electron chi connectivity index (χ0n) is 16.5. The number of amides is 1. The second-order valence-corrected chi connectivity index (χ2v) is 8.05. The van der Waals surface area contributed by atoms with E-state index in [-0.39, 0.29) is 11.5 Å². The molecule has 5 heteroatoms. The number of nitrogens with zero attached hydrogens (tertiary/aromatic N) is 3. The Bertz CT molecular complexity index is 755. The molecule has 2 heterocycles. The van der Waals surface area contributed by atoms with Gasteiger partial charge in [0.1, 0.15) is 0 Å². The van der Waals surface area contributed by atoms with Crippen molar-refractivity contribution in [2.45, 2.75) is 45.6 Å². The summed E-state index contributed by atoms with van der Waals surface area (Å²) in [7, 11) is 3.60. The molecule has 2 aliphatic rings. The number of hydrogen-bond acceptors (Lipinski definition) is 3. The number of carbonyl (C=O) groups excluding carboxylic acids is 1. The molecular formula is C21H31N3O2. The van der Waals surface area contributed by atoms with Gasteiger partial charge in [0.2, 0.25) is 0 Å². The normalized spacial score (nSPS) is 17.7. The molecule has 0 unspecified atom stereocenters. The molecule has 0 bridgehead atoms. The second kappa shape index (κ2) is 7.78. The summed E-state index contributed by atoms with van der Waals surface area (Å²) in [5, 5.41) is 0. The molecule has 0 saturated carbocycles. The van der Waals surface area contributed by atoms with Crippen LogP contribution in [0.2, 0.25) is 0 Å². The number of likely N-dealkylation sites (tertiary alicyclic amines) is 1. The van der Waals surface area contributed by atoms with Crippen molar-refractivity contribution >= 4 is 12.0 Å². The number of aryl methyl sites for hydroxylation is 1. The Balaban J connectivity index is 1.61. The van der Waals surface area contributed by atoms with Gasteiger partial charge in [0, 0.05) is 38.4 Å². The van der Waals surface area contributed by atoms with Crippen molar-refractivity contribution in [1.82, 2.24) is 14.4 Å². The van der Waals surface area contributed by atoms with Crippen molar-refractivity contribution in [3.63, 3.8) is 0 Å². The molecule has 142 valence electrons. The third kappa shape index (κ3) is 3.78. The first-order valence-electron chi connectivity index (χ1n) is 9.77. The summed E-state index contributed by atoms with van der Waals surface area (Å²) in [5.74, 6) is 0.717. The van der Waals surface area contributed by atoms with Crippen LogP contribution in [0.25, 0.3) is 6.08 Å². The van der Waals surface area contributed by atoms with Crippen LogP contribution in [-0.4, -0.2) is 53.0 Å².